The summed E-state index contributed by atoms with van der Waals surface area (Å²) in [7, 11) is 0. The zero-order valence-electron chi connectivity index (χ0n) is 24.8. The van der Waals surface area contributed by atoms with Crippen LogP contribution in [0.4, 0.5) is 0 Å². The Morgan fingerprint density at radius 3 is 2.41 bits per heavy atom. The van der Waals surface area contributed by atoms with Gasteiger partial charge >= 0.3 is 0 Å². The van der Waals surface area contributed by atoms with Crippen LogP contribution in [0.25, 0.3) is 0 Å². The highest BCUT2D eigenvalue weighted by atomic mass is 16.3. The van der Waals surface area contributed by atoms with E-state index >= 15 is 0 Å². The molecule has 1 aromatic heterocycles. The van der Waals surface area contributed by atoms with E-state index in [-0.39, 0.29) is 36.3 Å². The number of piperidine rings is 1. The van der Waals surface area contributed by atoms with E-state index in [2.05, 4.69) is 20.9 Å². The summed E-state index contributed by atoms with van der Waals surface area (Å²) in [6.45, 7) is 8.46. The van der Waals surface area contributed by atoms with E-state index in [1.165, 1.54) is 12.8 Å². The maximum Gasteiger partial charge on any atom is 0.287 e. The van der Waals surface area contributed by atoms with Crippen molar-refractivity contribution in [2.45, 2.75) is 89.9 Å². The predicted molar refractivity (Wildman–Crippen MR) is 157 cm³/mol. The van der Waals surface area contributed by atoms with E-state index in [1.54, 1.807) is 19.1 Å². The molecule has 5 atom stereocenters. The molecule has 4 rings (SSSR count). The highest BCUT2D eigenvalue weighted by molar-refractivity contribution is 5.94. The van der Waals surface area contributed by atoms with Gasteiger partial charge in [0.05, 0.1) is 24.7 Å². The molecule has 41 heavy (non-hydrogen) atoms. The van der Waals surface area contributed by atoms with E-state index in [0.29, 0.717) is 24.0 Å². The summed E-state index contributed by atoms with van der Waals surface area (Å²) in [5.41, 5.74) is 0.618. The molecular formula is C32H46N4O5. The van der Waals surface area contributed by atoms with E-state index in [4.69, 9.17) is 4.42 Å². The topological polar surface area (TPSA) is 124 Å². The first-order valence-electron chi connectivity index (χ1n) is 14.9. The lowest BCUT2D eigenvalue weighted by atomic mass is 9.72. The molecule has 1 aliphatic heterocycles. The van der Waals surface area contributed by atoms with Gasteiger partial charge in [0.2, 0.25) is 11.8 Å². The van der Waals surface area contributed by atoms with Gasteiger partial charge in [0, 0.05) is 18.6 Å². The lowest BCUT2D eigenvalue weighted by Gasteiger charge is -2.47. The van der Waals surface area contributed by atoms with Gasteiger partial charge in [-0.2, -0.15) is 0 Å². The van der Waals surface area contributed by atoms with Gasteiger partial charge in [0.1, 0.15) is 5.76 Å². The number of aliphatic hydroxyl groups is 1. The first-order valence-corrected chi connectivity index (χ1v) is 14.9. The number of nitrogens with one attached hydrogen (secondary N) is 3. The Morgan fingerprint density at radius 1 is 1.05 bits per heavy atom. The molecular weight excluding hydrogens is 520 g/mol. The number of furan rings is 1. The van der Waals surface area contributed by atoms with Crippen molar-refractivity contribution in [3.63, 3.8) is 0 Å². The van der Waals surface area contributed by atoms with Crippen LogP contribution >= 0.6 is 0 Å². The third-order valence-corrected chi connectivity index (χ3v) is 8.21. The molecule has 9 heteroatoms. The van der Waals surface area contributed by atoms with Crippen molar-refractivity contribution in [2.75, 3.05) is 19.6 Å². The number of carbonyl (C=O) groups is 3. The van der Waals surface area contributed by atoms with Crippen LogP contribution in [-0.2, 0) is 16.0 Å². The predicted octanol–water partition coefficient (Wildman–Crippen LogP) is 3.20. The number of β-amino-alcohol motifs (C(OH)–C–C–N with tert-alkyl or cyclic N) is 1. The van der Waals surface area contributed by atoms with Crippen LogP contribution < -0.4 is 16.0 Å². The molecule has 0 radical (unpaired) electrons. The van der Waals surface area contributed by atoms with Crippen LogP contribution in [-0.4, -0.2) is 71.1 Å². The summed E-state index contributed by atoms with van der Waals surface area (Å²) in [4.78, 5) is 40.9. The van der Waals surface area contributed by atoms with Gasteiger partial charge in [-0.1, -0.05) is 49.6 Å². The molecule has 0 spiro atoms. The molecule has 1 saturated carbocycles. The highest BCUT2D eigenvalue weighted by Crippen LogP contribution is 2.39. The van der Waals surface area contributed by atoms with E-state index in [0.717, 1.165) is 31.4 Å². The fourth-order valence-electron chi connectivity index (χ4n) is 6.21. The number of benzene rings is 1. The average molecular weight is 567 g/mol. The Labute approximate surface area is 243 Å². The van der Waals surface area contributed by atoms with Gasteiger partial charge in [-0.25, -0.2) is 0 Å². The summed E-state index contributed by atoms with van der Waals surface area (Å²) in [5, 5.41) is 20.2. The fraction of sp³-hybridized carbons (Fsp3) is 0.594. The molecule has 2 aliphatic rings. The third-order valence-electron chi connectivity index (χ3n) is 8.21. The monoisotopic (exact) mass is 566 g/mol. The number of likely N-dealkylation sites (tertiary alicyclic amines) is 1. The Bertz CT molecular complexity index is 1170. The highest BCUT2D eigenvalue weighted by Gasteiger charge is 2.41. The van der Waals surface area contributed by atoms with Crippen LogP contribution in [0.5, 0.6) is 0 Å². The van der Waals surface area contributed by atoms with Gasteiger partial charge in [0.15, 0.2) is 5.76 Å². The van der Waals surface area contributed by atoms with E-state index in [9.17, 15) is 19.5 Å². The lowest BCUT2D eigenvalue weighted by Crippen LogP contribution is -2.60. The molecule has 1 saturated heterocycles. The number of hydrogen-bond donors (Lipinski definition) is 4. The van der Waals surface area contributed by atoms with Gasteiger partial charge in [-0.3, -0.25) is 19.3 Å². The lowest BCUT2D eigenvalue weighted by molar-refractivity contribution is -0.133. The summed E-state index contributed by atoms with van der Waals surface area (Å²) in [6.07, 6.45) is 4.98. The number of fused-ring (bicyclic) bond motifs is 1. The van der Waals surface area contributed by atoms with Crippen LogP contribution in [0.3, 0.4) is 0 Å². The first kappa shape index (κ1) is 30.8. The minimum absolute atomic E-state index is 0.00626. The Kier molecular flexibility index (Phi) is 10.3. The molecule has 2 aromatic rings. The van der Waals surface area contributed by atoms with Crippen LogP contribution in [0.1, 0.15) is 74.8 Å². The SMILES string of the molecule is Cc1ccc(C(=O)NCC(=O)N[C@@H](Cc2ccccc2)C(O)CN2CC3CCCC[C@H]3C[C@H]2C(=O)NC(C)(C)C)o1. The average Bonchev–Trinajstić information content (AvgIpc) is 3.37. The largest absolute Gasteiger partial charge is 0.456 e. The number of nitrogens with zero attached hydrogens (tertiary/aromatic N) is 1. The molecule has 0 bridgehead atoms. The van der Waals surface area contributed by atoms with Gasteiger partial charge in [0.25, 0.3) is 5.91 Å². The van der Waals surface area contributed by atoms with Crippen molar-refractivity contribution >= 4 is 17.7 Å². The second kappa shape index (κ2) is 13.7. The number of amides is 3. The third kappa shape index (κ3) is 8.91. The Hall–Kier alpha value is -3.17. The quantitative estimate of drug-likeness (QED) is 0.350. The summed E-state index contributed by atoms with van der Waals surface area (Å²) in [5.74, 6) is 0.894. The van der Waals surface area contributed by atoms with Crippen molar-refractivity contribution in [2.24, 2.45) is 11.8 Å². The number of aliphatic hydroxyl groups excluding tert-OH is 1. The van der Waals surface area contributed by atoms with Crippen LogP contribution in [0, 0.1) is 18.8 Å². The molecule has 2 heterocycles. The Morgan fingerprint density at radius 2 is 1.76 bits per heavy atom. The summed E-state index contributed by atoms with van der Waals surface area (Å²) < 4.78 is 5.34. The second-order valence-corrected chi connectivity index (χ2v) is 12.8. The zero-order valence-corrected chi connectivity index (χ0v) is 24.8. The smallest absolute Gasteiger partial charge is 0.287 e. The van der Waals surface area contributed by atoms with Crippen molar-refractivity contribution in [3.05, 3.63) is 59.5 Å². The molecule has 2 unspecified atom stereocenters. The number of carbonyl (C=O) groups excluding carboxylic acids is 3. The molecule has 9 nitrogen and oxygen atoms in total. The fourth-order valence-corrected chi connectivity index (χ4v) is 6.21. The van der Waals surface area contributed by atoms with Crippen LogP contribution in [0.15, 0.2) is 46.9 Å². The number of rotatable bonds is 10. The zero-order chi connectivity index (χ0) is 29.6. The molecule has 1 aromatic carbocycles. The number of hydrogen-bond acceptors (Lipinski definition) is 6. The maximum absolute atomic E-state index is 13.4. The van der Waals surface area contributed by atoms with Gasteiger partial charge in [-0.05, 0) is 76.5 Å². The van der Waals surface area contributed by atoms with Gasteiger partial charge < -0.3 is 25.5 Å². The molecule has 2 fully saturated rings. The van der Waals surface area contributed by atoms with Crippen molar-refractivity contribution in [1.82, 2.24) is 20.9 Å². The van der Waals surface area contributed by atoms with Gasteiger partial charge in [-0.15, -0.1) is 0 Å². The summed E-state index contributed by atoms with van der Waals surface area (Å²) in [6, 6.07) is 12.0. The maximum atomic E-state index is 13.4. The number of aryl methyl sites for hydroxylation is 1. The van der Waals surface area contributed by atoms with Crippen molar-refractivity contribution in [3.8, 4) is 0 Å². The van der Waals surface area contributed by atoms with E-state index < -0.39 is 24.0 Å². The first-order chi connectivity index (χ1) is 19.5. The normalized spacial score (nSPS) is 22.7. The molecule has 1 aliphatic carbocycles. The minimum atomic E-state index is -0.923. The minimum Gasteiger partial charge on any atom is -0.456 e. The standard InChI is InChI=1S/C32H46N4O5/c1-21-14-15-28(41-21)31(40)33-18-29(38)34-25(16-22-10-6-5-7-11-22)27(37)20-36-19-24-13-9-8-12-23(24)17-26(36)30(39)35-32(2,3)4/h5-7,10-11,14-15,23-27,37H,8-9,12-13,16-20H2,1-4H3,(H,33,40)(H,34,38)(H,35,39)/t23-,24?,25-,26-,27?/m0/s1. The summed E-state index contributed by atoms with van der Waals surface area (Å²) >= 11 is 0. The molecule has 3 amide bonds. The Balaban J connectivity index is 1.46. The van der Waals surface area contributed by atoms with Crippen molar-refractivity contribution in [1.29, 1.82) is 0 Å². The second-order valence-electron chi connectivity index (χ2n) is 12.8. The van der Waals surface area contributed by atoms with E-state index in [1.807, 2.05) is 51.1 Å². The van der Waals surface area contributed by atoms with Crippen molar-refractivity contribution < 1.29 is 23.9 Å². The molecule has 224 valence electrons. The molecule has 4 N–H and O–H groups in total. The van der Waals surface area contributed by atoms with Crippen LogP contribution in [0.2, 0.25) is 0 Å².